The molecule has 24 nitrogen and oxygen atoms in total. The fourth-order valence-corrected chi connectivity index (χ4v) is 4.66. The molecule has 0 saturated heterocycles. The van der Waals surface area contributed by atoms with Crippen molar-refractivity contribution in [1.29, 1.82) is 0 Å². The lowest BCUT2D eigenvalue weighted by atomic mass is 10.0. The van der Waals surface area contributed by atoms with Crippen molar-refractivity contribution in [2.45, 2.75) is 88.0 Å². The Hall–Kier alpha value is -5.01. The summed E-state index contributed by atoms with van der Waals surface area (Å²) in [6.45, 7) is -2.99. The lowest BCUT2D eigenvalue weighted by Crippen LogP contribution is -2.57. The maximum Gasteiger partial charge on any atom is 0.328 e. The number of aliphatic hydroxyl groups excluding tert-OH is 2. The van der Waals surface area contributed by atoms with E-state index in [4.69, 9.17) is 38.3 Å². The Bertz CT molecular complexity index is 1290. The normalized spacial score (nSPS) is 13.4. The molecule has 0 aliphatic rings. The number of aliphatic carboxylic acids is 1. The van der Waals surface area contributed by atoms with Crippen LogP contribution in [0.1, 0.15) is 57.8 Å². The van der Waals surface area contributed by atoms with Crippen LogP contribution in [-0.4, -0.2) is 158 Å². The van der Waals surface area contributed by atoms with Gasteiger partial charge in [0.2, 0.25) is 47.3 Å². The summed E-state index contributed by atoms with van der Waals surface area (Å²) in [7, 11) is 0. The molecule has 0 saturated carbocycles. The molecule has 19 N–H and O–H groups in total. The lowest BCUT2D eigenvalue weighted by Gasteiger charge is -2.25. The molecule has 0 aromatic heterocycles. The zero-order valence-corrected chi connectivity index (χ0v) is 31.4. The van der Waals surface area contributed by atoms with Gasteiger partial charge < -0.3 is 80.8 Å². The zero-order valence-electron chi connectivity index (χ0n) is 31.4. The van der Waals surface area contributed by atoms with Crippen molar-refractivity contribution in [2.24, 2.45) is 22.9 Å². The third-order valence-electron chi connectivity index (χ3n) is 7.85. The van der Waals surface area contributed by atoms with Gasteiger partial charge in [0.1, 0.15) is 30.2 Å². The van der Waals surface area contributed by atoms with E-state index in [0.29, 0.717) is 58.2 Å². The first-order chi connectivity index (χ1) is 26.6. The van der Waals surface area contributed by atoms with Crippen LogP contribution in [0.25, 0.3) is 0 Å². The summed E-state index contributed by atoms with van der Waals surface area (Å²) in [5, 5.41) is 45.6. The number of unbranched alkanes of at least 4 members (excludes halogenated alkanes) is 3. The smallest absolute Gasteiger partial charge is 0.328 e. The van der Waals surface area contributed by atoms with Crippen LogP contribution in [0, 0.1) is 0 Å². The van der Waals surface area contributed by atoms with Gasteiger partial charge in [0.15, 0.2) is 0 Å². The van der Waals surface area contributed by atoms with E-state index >= 15 is 0 Å². The van der Waals surface area contributed by atoms with E-state index in [1.165, 1.54) is 0 Å². The summed E-state index contributed by atoms with van der Waals surface area (Å²) < 4.78 is 0. The molecule has 0 aliphatic carbocycles. The molecule has 0 radical (unpaired) electrons. The van der Waals surface area contributed by atoms with E-state index in [0.717, 1.165) is 0 Å². The summed E-state index contributed by atoms with van der Waals surface area (Å²) in [6.07, 6.45) is 3.01. The van der Waals surface area contributed by atoms with Crippen LogP contribution >= 0.6 is 0 Å². The van der Waals surface area contributed by atoms with Gasteiger partial charge in [0.05, 0.1) is 39.4 Å². The Morgan fingerprint density at radius 2 is 0.786 bits per heavy atom. The Morgan fingerprint density at radius 1 is 0.429 bits per heavy atom. The van der Waals surface area contributed by atoms with E-state index < -0.39 is 123 Å². The molecule has 320 valence electrons. The number of carboxylic acids is 1. The lowest BCUT2D eigenvalue weighted by molar-refractivity contribution is -0.142. The van der Waals surface area contributed by atoms with Gasteiger partial charge in [-0.15, -0.1) is 0 Å². The predicted molar refractivity (Wildman–Crippen MR) is 198 cm³/mol. The minimum atomic E-state index is -1.58. The molecular formula is C32H60N12O12. The number of nitrogens with one attached hydrogen (secondary N) is 8. The Morgan fingerprint density at radius 3 is 1.16 bits per heavy atom. The van der Waals surface area contributed by atoms with Gasteiger partial charge in [0.25, 0.3) is 0 Å². The summed E-state index contributed by atoms with van der Waals surface area (Å²) in [5.41, 5.74) is 22.2. The van der Waals surface area contributed by atoms with Crippen molar-refractivity contribution in [3.8, 4) is 0 Å². The van der Waals surface area contributed by atoms with Gasteiger partial charge >= 0.3 is 5.97 Å². The largest absolute Gasteiger partial charge is 0.480 e. The Kier molecular flexibility index (Phi) is 27.5. The van der Waals surface area contributed by atoms with Crippen LogP contribution in [0.5, 0.6) is 0 Å². The molecular weight excluding hydrogens is 744 g/mol. The van der Waals surface area contributed by atoms with Gasteiger partial charge in [-0.25, -0.2) is 4.79 Å². The fraction of sp³-hybridized carbons (Fsp3) is 0.719. The van der Waals surface area contributed by atoms with Gasteiger partial charge in [0, 0.05) is 0 Å². The third kappa shape index (κ3) is 23.0. The van der Waals surface area contributed by atoms with Crippen molar-refractivity contribution in [3.63, 3.8) is 0 Å². The summed E-state index contributed by atoms with van der Waals surface area (Å²) in [5.74, 6) is -7.75. The van der Waals surface area contributed by atoms with Crippen LogP contribution in [-0.2, 0) is 43.2 Å². The van der Waals surface area contributed by atoms with Crippen molar-refractivity contribution in [2.75, 3.05) is 59.0 Å². The molecule has 0 spiro atoms. The zero-order chi connectivity index (χ0) is 42.5. The molecule has 5 atom stereocenters. The molecule has 8 amide bonds. The Labute approximate surface area is 324 Å². The highest BCUT2D eigenvalue weighted by molar-refractivity contribution is 5.96. The quantitative estimate of drug-likeness (QED) is 0.0289. The second-order valence-electron chi connectivity index (χ2n) is 12.5. The monoisotopic (exact) mass is 804 g/mol. The van der Waals surface area contributed by atoms with E-state index in [-0.39, 0.29) is 19.3 Å². The highest BCUT2D eigenvalue weighted by Crippen LogP contribution is 2.08. The molecule has 56 heavy (non-hydrogen) atoms. The number of hydrogen-bond acceptors (Lipinski definition) is 15. The highest BCUT2D eigenvalue weighted by Gasteiger charge is 2.30. The molecule has 0 rings (SSSR count). The molecule has 24 heteroatoms. The maximum atomic E-state index is 13.6. The second-order valence-corrected chi connectivity index (χ2v) is 12.5. The molecule has 0 aliphatic heterocycles. The topological polar surface area (TPSA) is 415 Å². The number of rotatable bonds is 31. The summed E-state index contributed by atoms with van der Waals surface area (Å²) >= 11 is 0. The van der Waals surface area contributed by atoms with Crippen molar-refractivity contribution >= 4 is 53.2 Å². The summed E-state index contributed by atoms with van der Waals surface area (Å²) in [6, 6.07) is -6.36. The first kappa shape index (κ1) is 51.0. The van der Waals surface area contributed by atoms with Gasteiger partial charge in [-0.1, -0.05) is 0 Å². The van der Waals surface area contributed by atoms with Gasteiger partial charge in [-0.2, -0.15) is 0 Å². The van der Waals surface area contributed by atoms with Crippen LogP contribution in [0.3, 0.4) is 0 Å². The van der Waals surface area contributed by atoms with Crippen molar-refractivity contribution in [3.05, 3.63) is 0 Å². The average molecular weight is 805 g/mol. The van der Waals surface area contributed by atoms with E-state index in [1.54, 1.807) is 0 Å². The van der Waals surface area contributed by atoms with E-state index in [9.17, 15) is 43.2 Å². The minimum Gasteiger partial charge on any atom is -0.480 e. The fourth-order valence-electron chi connectivity index (χ4n) is 4.66. The number of carboxylic acid groups (broad SMARTS) is 1. The molecule has 0 unspecified atom stereocenters. The maximum absolute atomic E-state index is 13.6. The third-order valence-corrected chi connectivity index (χ3v) is 7.85. The number of amides is 8. The van der Waals surface area contributed by atoms with E-state index in [1.807, 2.05) is 5.32 Å². The number of carbonyl (C=O) groups excluding carboxylic acids is 8. The minimum absolute atomic E-state index is 0.0978. The predicted octanol–water partition coefficient (Wildman–Crippen LogP) is -7.83. The standard InChI is InChI=1S/C32H60N12O12/c33-10-4-1-7-20(29(52)40-14-25(48)38-16-27(50)42-23(18-46)32(55)56)43-31(54)22(9-3-6-12-35)44-30(53)21(8-2-5-11-34)41-26(49)15-37-24(47)13-39-28(51)19(36)17-45/h19-23,45-46H,1-18,33-36H2,(H,37,47)(H,38,48)(H,39,51)(H,40,52)(H,41,49)(H,42,50)(H,43,54)(H,44,53)(H,55,56)/t19-,20-,21-,22-,23-/m0/s1. The average Bonchev–Trinajstić information content (AvgIpc) is 3.17. The van der Waals surface area contributed by atoms with Gasteiger partial charge in [-0.3, -0.25) is 38.4 Å². The molecule has 0 heterocycles. The number of nitrogens with two attached hydrogens (primary N) is 4. The van der Waals surface area contributed by atoms with Crippen molar-refractivity contribution in [1.82, 2.24) is 42.5 Å². The second kappa shape index (κ2) is 30.2. The number of aliphatic hydroxyl groups is 2. The SMILES string of the molecule is NCCCC[C@H](NC(=O)CNC(=O)CNC(=O)[C@@H](N)CO)C(=O)N[C@@H](CCCCN)C(=O)N[C@@H](CCCCN)C(=O)NCC(=O)NCC(=O)N[C@@H](CO)C(=O)O. The Balaban J connectivity index is 5.66. The summed E-state index contributed by atoms with van der Waals surface area (Å²) in [4.78, 5) is 112. The number of carbonyl (C=O) groups is 9. The highest BCUT2D eigenvalue weighted by atomic mass is 16.4. The van der Waals surface area contributed by atoms with E-state index in [2.05, 4.69) is 37.2 Å². The van der Waals surface area contributed by atoms with Crippen LogP contribution < -0.4 is 65.5 Å². The van der Waals surface area contributed by atoms with Crippen LogP contribution in [0.2, 0.25) is 0 Å². The molecule has 0 fully saturated rings. The van der Waals surface area contributed by atoms with Crippen molar-refractivity contribution < 1.29 is 58.5 Å². The molecule has 0 aromatic carbocycles. The molecule has 0 aromatic rings. The number of hydrogen-bond donors (Lipinski definition) is 15. The first-order valence-corrected chi connectivity index (χ1v) is 18.2. The van der Waals surface area contributed by atoms with Crippen LogP contribution in [0.15, 0.2) is 0 Å². The van der Waals surface area contributed by atoms with Crippen LogP contribution in [0.4, 0.5) is 0 Å². The van der Waals surface area contributed by atoms with Gasteiger partial charge in [-0.05, 0) is 77.4 Å². The molecule has 0 bridgehead atoms. The first-order valence-electron chi connectivity index (χ1n) is 18.2.